The van der Waals surface area contributed by atoms with Crippen molar-refractivity contribution < 1.29 is 90.3 Å². The molecule has 0 aromatic carbocycles. The third-order valence-electron chi connectivity index (χ3n) is 15.4. The average molecular weight is 1820 g/mol. The van der Waals surface area contributed by atoms with Crippen molar-refractivity contribution in [2.45, 2.75) is 111 Å². The molecular weight excluding hydrogens is 1720 g/mol. The smallest absolute Gasteiger partial charge is 0.280 e. The minimum absolute atomic E-state index is 0.00578. The van der Waals surface area contributed by atoms with Crippen LogP contribution in [0.4, 0.5) is 47.3 Å². The van der Waals surface area contributed by atoms with E-state index in [2.05, 4.69) is 89.7 Å². The number of aromatic amines is 4. The fraction of sp³-hybridized carbons (Fsp3) is 0.500. The van der Waals surface area contributed by atoms with Gasteiger partial charge in [0, 0.05) is 40.0 Å². The number of fused-ring (bicyclic) bond motifs is 6. The summed E-state index contributed by atoms with van der Waals surface area (Å²) in [4.78, 5) is 167. The predicted octanol–water partition coefficient (Wildman–Crippen LogP) is -0.662. The van der Waals surface area contributed by atoms with E-state index in [1.807, 2.05) is 0 Å². The summed E-state index contributed by atoms with van der Waals surface area (Å²) in [6, 6.07) is 0. The Morgan fingerprint density at radius 3 is 0.711 bits per heavy atom. The van der Waals surface area contributed by atoms with Crippen molar-refractivity contribution in [3.63, 3.8) is 0 Å². The summed E-state index contributed by atoms with van der Waals surface area (Å²) in [6.45, 7) is 17.8. The Bertz CT molecular complexity index is 5700. The molecule has 121 heavy (non-hydrogen) atoms. The number of aromatic nitrogens is 24. The number of nitrogens with two attached hydrogens (primary N) is 8. The molecule has 0 amide bonds. The van der Waals surface area contributed by atoms with Gasteiger partial charge in [0.1, 0.15) is 49.1 Å². The van der Waals surface area contributed by atoms with Crippen LogP contribution in [0, 0.1) is 0 Å². The molecule has 12 aromatic heterocycles. The lowest BCUT2D eigenvalue weighted by Gasteiger charge is -2.17. The van der Waals surface area contributed by atoms with E-state index in [0.29, 0.717) is 72.0 Å². The number of aliphatic hydroxyl groups excluding tert-OH is 1. The molecule has 666 valence electrons. The number of imidazole rings is 6. The molecule has 0 spiro atoms. The topological polar surface area (TPSA) is 849 Å². The van der Waals surface area contributed by atoms with E-state index in [1.165, 1.54) is 63.2 Å². The predicted molar refractivity (Wildman–Crippen MR) is 447 cm³/mol. The molecule has 55 nitrogen and oxygen atoms in total. The zero-order valence-corrected chi connectivity index (χ0v) is 72.4. The SMILES string of the molecule is CP(=O)(O)CO[C@H](CO)Cn1cnc2c(=O)[nH]c(N)nc21.C[C@H](Cn1cnc2c(=O)[nH]c(N)nc21)OCP(C)(=O)O.C[C@H](Cn1cnc2c(=O)[nH]c(N)nc21)OCP(C)(=O)O.C[C@H](Cn1cnc2c(=O)[nH]c(N)nc21)OCP(C)(=O)O.C[C@H](Cn1cnc2c(N)nc(N)nc21)OCP(C)(=O)O.C[C@H](Cn1cnc2c(N)nc(N)nc21)OCP(C)(=O)O. The molecule has 0 bridgehead atoms. The van der Waals surface area contributed by atoms with Crippen LogP contribution in [-0.4, -0.2) is 273 Å². The van der Waals surface area contributed by atoms with Gasteiger partial charge in [0.25, 0.3) is 22.2 Å². The van der Waals surface area contributed by atoms with Gasteiger partial charge in [-0.3, -0.25) is 66.5 Å². The van der Waals surface area contributed by atoms with Gasteiger partial charge in [0.15, 0.2) is 67.6 Å². The molecule has 0 saturated heterocycles. The molecule has 0 aliphatic heterocycles. The minimum Gasteiger partial charge on any atom is -0.394 e. The summed E-state index contributed by atoms with van der Waals surface area (Å²) in [7, 11) is -19.3. The lowest BCUT2D eigenvalue weighted by Crippen LogP contribution is -2.24. The van der Waals surface area contributed by atoms with Crippen molar-refractivity contribution in [3.05, 3.63) is 79.4 Å². The quantitative estimate of drug-likeness (QED) is 0.0240. The molecule has 0 fully saturated rings. The van der Waals surface area contributed by atoms with Gasteiger partial charge in [-0.05, 0) is 34.6 Å². The van der Waals surface area contributed by atoms with Crippen LogP contribution < -0.4 is 68.1 Å². The number of anilines is 8. The van der Waals surface area contributed by atoms with Crippen LogP contribution in [0.15, 0.2) is 57.1 Å². The van der Waals surface area contributed by atoms with Crippen LogP contribution in [0.3, 0.4) is 0 Å². The number of nitrogen functional groups attached to an aromatic ring is 8. The van der Waals surface area contributed by atoms with E-state index in [0.717, 1.165) is 6.66 Å². The molecule has 12 aromatic rings. The zero-order valence-electron chi connectivity index (χ0n) is 67.0. The lowest BCUT2D eigenvalue weighted by atomic mass is 10.3. The molecule has 61 heteroatoms. The van der Waals surface area contributed by atoms with Crippen LogP contribution in [0.1, 0.15) is 34.6 Å². The van der Waals surface area contributed by atoms with Crippen molar-refractivity contribution in [1.82, 2.24) is 117 Å². The lowest BCUT2D eigenvalue weighted by molar-refractivity contribution is 0.0239. The highest BCUT2D eigenvalue weighted by Gasteiger charge is 2.24. The van der Waals surface area contributed by atoms with Gasteiger partial charge in [-0.2, -0.15) is 39.9 Å². The summed E-state index contributed by atoms with van der Waals surface area (Å²) < 4.78 is 108. The first kappa shape index (κ1) is 97.9. The van der Waals surface area contributed by atoms with Crippen molar-refractivity contribution in [2.75, 3.05) is 131 Å². The number of aliphatic hydroxyl groups is 1. The van der Waals surface area contributed by atoms with E-state index in [4.69, 9.17) is 74.3 Å². The molecule has 0 radical (unpaired) electrons. The molecule has 12 heterocycles. The molecule has 0 saturated carbocycles. The van der Waals surface area contributed by atoms with Crippen LogP contribution in [-0.2, 0) is 95.1 Å². The number of H-pyrrole nitrogens is 4. The van der Waals surface area contributed by atoms with Gasteiger partial charge in [0.05, 0.1) is 120 Å². The van der Waals surface area contributed by atoms with E-state index < -0.39 is 72.6 Å². The standard InChI is InChI=1S/2C10H17N6O3P.C10H16N5O5P.3C10H16N5O4P/c2*1-6(19-5-20(2,17)18)3-16-4-13-7-8(11)14-10(12)15-9(7)16;1-21(18,19)5-20-6(3-16)2-15-4-12-7-8(15)13-10(11)14-9(7)17;3*1-6(19-5-20(2,17)18)3-15-4-12-7-8(15)13-10(11)14-9(7)16/h2*4,6H,3,5H2,1-2H3,(H,17,18)(H4,11,12,14,15);4,6,16H,2-3,5H2,1H3,(H,18,19)(H3,11,13,14,17);3*4,6H,3,5H2,1-2H3,(H,17,18)(H3,11,13,14,16)/t6*6-/m110111/s1. The number of nitrogens with one attached hydrogen (secondary N) is 4. The number of ether oxygens (including phenoxy) is 6. The van der Waals surface area contributed by atoms with Gasteiger partial charge in [0.2, 0.25) is 79.9 Å². The number of rotatable bonds is 31. The second-order valence-electron chi connectivity index (χ2n) is 28.1. The van der Waals surface area contributed by atoms with Gasteiger partial charge >= 0.3 is 0 Å². The fourth-order valence-electron chi connectivity index (χ4n) is 10.3. The first-order chi connectivity index (χ1) is 56.1. The Hall–Kier alpha value is -10.2. The molecule has 12 rings (SSSR count). The van der Waals surface area contributed by atoms with E-state index >= 15 is 0 Å². The second-order valence-corrected chi connectivity index (χ2v) is 42.3. The van der Waals surface area contributed by atoms with Crippen LogP contribution in [0.25, 0.3) is 67.0 Å². The highest BCUT2D eigenvalue weighted by Crippen LogP contribution is 2.39. The van der Waals surface area contributed by atoms with Crippen LogP contribution >= 0.6 is 44.2 Å². The molecule has 6 unspecified atom stereocenters. The molecule has 27 N–H and O–H groups in total. The Morgan fingerprint density at radius 2 is 0.504 bits per heavy atom. The summed E-state index contributed by atoms with van der Waals surface area (Å²) in [5.74, 6) is 0.534. The highest BCUT2D eigenvalue weighted by atomic mass is 31.2. The number of hydrogen-bond acceptors (Lipinski definition) is 39. The maximum Gasteiger partial charge on any atom is 0.280 e. The van der Waals surface area contributed by atoms with Gasteiger partial charge in [-0.1, -0.05) is 0 Å². The summed E-state index contributed by atoms with van der Waals surface area (Å²) in [6.07, 6.45) is 5.08. The molecule has 12 atom stereocenters. The highest BCUT2D eigenvalue weighted by molar-refractivity contribution is 7.58. The number of nitrogens with zero attached hydrogens (tertiary/aromatic N) is 20. The monoisotopic (exact) mass is 1820 g/mol. The van der Waals surface area contributed by atoms with Crippen molar-refractivity contribution in [2.24, 2.45) is 0 Å². The molecule has 0 aliphatic carbocycles. The Kier molecular flexibility index (Phi) is 33.6. The summed E-state index contributed by atoms with van der Waals surface area (Å²) >= 11 is 0. The van der Waals surface area contributed by atoms with Crippen molar-refractivity contribution in [1.29, 1.82) is 0 Å². The van der Waals surface area contributed by atoms with Crippen molar-refractivity contribution in [3.8, 4) is 0 Å². The fourth-order valence-corrected chi connectivity index (χ4v) is 13.4. The van der Waals surface area contributed by atoms with Crippen molar-refractivity contribution >= 4 is 159 Å². The minimum atomic E-state index is -3.34. The van der Waals surface area contributed by atoms with Crippen LogP contribution in [0.5, 0.6) is 0 Å². The maximum absolute atomic E-state index is 11.6. The van der Waals surface area contributed by atoms with Gasteiger partial charge in [-0.25, -0.2) is 29.9 Å². The van der Waals surface area contributed by atoms with Crippen LogP contribution in [0.2, 0.25) is 0 Å². The Balaban J connectivity index is 0.000000200. The first-order valence-corrected chi connectivity index (χ1v) is 49.2. The van der Waals surface area contributed by atoms with Gasteiger partial charge in [-0.15, -0.1) is 0 Å². The average Bonchev–Trinajstić information content (AvgIpc) is 1.70. The van der Waals surface area contributed by atoms with Gasteiger partial charge < -0.3 is 136 Å². The summed E-state index contributed by atoms with van der Waals surface area (Å²) in [5.41, 5.74) is 46.7. The summed E-state index contributed by atoms with van der Waals surface area (Å²) in [5, 5.41) is 9.26. The molecular formula is C60H98N32O23P6. The third kappa shape index (κ3) is 31.3. The van der Waals surface area contributed by atoms with E-state index in [9.17, 15) is 81.0 Å². The van der Waals surface area contributed by atoms with E-state index in [-0.39, 0.29) is 157 Å². The Labute approximate surface area is 683 Å². The maximum atomic E-state index is 11.6. The third-order valence-corrected chi connectivity index (χ3v) is 19.2. The molecule has 0 aliphatic rings. The number of hydrogen-bond donors (Lipinski definition) is 19. The largest absolute Gasteiger partial charge is 0.394 e. The first-order valence-electron chi connectivity index (χ1n) is 35.5. The Morgan fingerprint density at radius 1 is 0.314 bits per heavy atom. The normalized spacial score (nSPS) is 16.1. The zero-order chi connectivity index (χ0) is 90.2. The second kappa shape index (κ2) is 41.6. The van der Waals surface area contributed by atoms with E-state index in [1.54, 1.807) is 70.1 Å².